The Bertz CT molecular complexity index is 1120. The normalized spacial score (nSPS) is 12.7. The number of hydrogen-bond acceptors (Lipinski definition) is 4. The van der Waals surface area contributed by atoms with Gasteiger partial charge in [-0.25, -0.2) is 0 Å². The van der Waals surface area contributed by atoms with E-state index < -0.39 is 0 Å². The average Bonchev–Trinajstić information content (AvgIpc) is 2.90. The van der Waals surface area contributed by atoms with Gasteiger partial charge in [-0.2, -0.15) is 0 Å². The van der Waals surface area contributed by atoms with Gasteiger partial charge in [0.15, 0.2) is 11.5 Å². The first-order valence-electron chi connectivity index (χ1n) is 12.5. The Balaban J connectivity index is 1.21. The number of rotatable bonds is 12. The van der Waals surface area contributed by atoms with Crippen LogP contribution in [0.5, 0.6) is 17.2 Å². The summed E-state index contributed by atoms with van der Waals surface area (Å²) >= 11 is 0. The Morgan fingerprint density at radius 2 is 1.54 bits per heavy atom. The molecule has 4 heteroatoms. The van der Waals surface area contributed by atoms with Crippen molar-refractivity contribution in [1.29, 1.82) is 0 Å². The third-order valence-corrected chi connectivity index (χ3v) is 6.69. The first kappa shape index (κ1) is 24.9. The van der Waals surface area contributed by atoms with Crippen molar-refractivity contribution in [3.8, 4) is 17.2 Å². The fourth-order valence-corrected chi connectivity index (χ4v) is 4.61. The molecule has 0 N–H and O–H groups in total. The molecule has 4 nitrogen and oxygen atoms in total. The quantitative estimate of drug-likeness (QED) is 0.299. The summed E-state index contributed by atoms with van der Waals surface area (Å²) in [6.45, 7) is 2.74. The Morgan fingerprint density at radius 1 is 0.771 bits per heavy atom. The van der Waals surface area contributed by atoms with Crippen LogP contribution in [0.25, 0.3) is 6.08 Å². The van der Waals surface area contributed by atoms with Gasteiger partial charge in [0.25, 0.3) is 0 Å². The lowest BCUT2D eigenvalue weighted by Crippen LogP contribution is -2.22. The SMILES string of the molecule is COc1cc2c(cc1OC)CCC(CCCN(C)CCc1cccc(OCc3ccccc3)c1)=C2. The van der Waals surface area contributed by atoms with Gasteiger partial charge in [0, 0.05) is 6.54 Å². The van der Waals surface area contributed by atoms with E-state index in [4.69, 9.17) is 14.2 Å². The molecular formula is C31H37NO3. The number of methoxy groups -OCH3 is 2. The first-order chi connectivity index (χ1) is 17.1. The van der Waals surface area contributed by atoms with Crippen molar-refractivity contribution in [3.05, 3.63) is 94.6 Å². The van der Waals surface area contributed by atoms with Crippen molar-refractivity contribution in [1.82, 2.24) is 4.90 Å². The predicted octanol–water partition coefficient (Wildman–Crippen LogP) is 6.57. The molecule has 0 aliphatic heterocycles. The van der Waals surface area contributed by atoms with Crippen LogP contribution in [-0.2, 0) is 19.4 Å². The molecule has 0 bridgehead atoms. The van der Waals surface area contributed by atoms with E-state index in [1.807, 2.05) is 24.3 Å². The second-order valence-corrected chi connectivity index (χ2v) is 9.29. The number of hydrogen-bond donors (Lipinski definition) is 0. The predicted molar refractivity (Wildman–Crippen MR) is 143 cm³/mol. The van der Waals surface area contributed by atoms with E-state index in [-0.39, 0.29) is 0 Å². The van der Waals surface area contributed by atoms with Crippen molar-refractivity contribution < 1.29 is 14.2 Å². The van der Waals surface area contributed by atoms with Crippen LogP contribution in [0.15, 0.2) is 72.3 Å². The van der Waals surface area contributed by atoms with Gasteiger partial charge in [0.05, 0.1) is 14.2 Å². The molecule has 4 rings (SSSR count). The molecular weight excluding hydrogens is 434 g/mol. The zero-order valence-electron chi connectivity index (χ0n) is 21.3. The van der Waals surface area contributed by atoms with Crippen molar-refractivity contribution in [2.24, 2.45) is 0 Å². The summed E-state index contributed by atoms with van der Waals surface area (Å²) in [5.74, 6) is 2.56. The Kier molecular flexibility index (Phi) is 8.85. The zero-order chi connectivity index (χ0) is 24.5. The Morgan fingerprint density at radius 3 is 2.34 bits per heavy atom. The standard InChI is InChI=1S/C31H37NO3/c1-32(18-16-25-11-7-13-29(20-25)35-23-26-9-5-4-6-10-26)17-8-12-24-14-15-27-21-30(33-2)31(34-3)22-28(27)19-24/h4-7,9-11,13,19-22H,8,12,14-18,23H2,1-3H3. The minimum atomic E-state index is 0.602. The molecule has 35 heavy (non-hydrogen) atoms. The molecule has 184 valence electrons. The highest BCUT2D eigenvalue weighted by atomic mass is 16.5. The summed E-state index contributed by atoms with van der Waals surface area (Å²) in [4.78, 5) is 2.43. The summed E-state index contributed by atoms with van der Waals surface area (Å²) < 4.78 is 16.9. The van der Waals surface area contributed by atoms with Crippen LogP contribution in [-0.4, -0.2) is 39.3 Å². The van der Waals surface area contributed by atoms with Gasteiger partial charge in [-0.3, -0.25) is 0 Å². The first-order valence-corrected chi connectivity index (χ1v) is 12.5. The highest BCUT2D eigenvalue weighted by Gasteiger charge is 2.15. The molecule has 0 radical (unpaired) electrons. The highest BCUT2D eigenvalue weighted by molar-refractivity contribution is 5.64. The third kappa shape index (κ3) is 7.12. The molecule has 0 amide bonds. The zero-order valence-corrected chi connectivity index (χ0v) is 21.3. The fraction of sp³-hybridized carbons (Fsp3) is 0.355. The van der Waals surface area contributed by atoms with Gasteiger partial charge in [-0.1, -0.05) is 54.1 Å². The summed E-state index contributed by atoms with van der Waals surface area (Å²) in [5, 5.41) is 0. The maximum Gasteiger partial charge on any atom is 0.161 e. The lowest BCUT2D eigenvalue weighted by molar-refractivity contribution is 0.305. The smallest absolute Gasteiger partial charge is 0.161 e. The Labute approximate surface area is 210 Å². The molecule has 0 aromatic heterocycles. The molecule has 3 aromatic carbocycles. The summed E-state index contributed by atoms with van der Waals surface area (Å²) in [7, 11) is 5.61. The Hall–Kier alpha value is -3.24. The van der Waals surface area contributed by atoms with E-state index in [0.717, 1.165) is 56.0 Å². The second kappa shape index (κ2) is 12.5. The number of nitrogens with zero attached hydrogens (tertiary/aromatic N) is 1. The van der Waals surface area contributed by atoms with E-state index in [0.29, 0.717) is 6.61 Å². The van der Waals surface area contributed by atoms with Crippen molar-refractivity contribution >= 4 is 6.08 Å². The number of allylic oxidation sites excluding steroid dienone is 1. The number of aryl methyl sites for hydroxylation is 1. The maximum absolute atomic E-state index is 5.99. The van der Waals surface area contributed by atoms with Crippen molar-refractivity contribution in [2.75, 3.05) is 34.4 Å². The van der Waals surface area contributed by atoms with Crippen molar-refractivity contribution in [2.45, 2.75) is 38.7 Å². The van der Waals surface area contributed by atoms with Gasteiger partial charge in [-0.15, -0.1) is 0 Å². The van der Waals surface area contributed by atoms with Crippen LogP contribution >= 0.6 is 0 Å². The molecule has 1 aliphatic carbocycles. The minimum absolute atomic E-state index is 0.602. The molecule has 0 saturated heterocycles. The summed E-state index contributed by atoms with van der Waals surface area (Å²) in [6.07, 6.45) is 7.88. The van der Waals surface area contributed by atoms with Gasteiger partial charge < -0.3 is 19.1 Å². The van der Waals surface area contributed by atoms with Crippen LogP contribution in [0.3, 0.4) is 0 Å². The van der Waals surface area contributed by atoms with Gasteiger partial charge in [-0.05, 0) is 92.2 Å². The van der Waals surface area contributed by atoms with Crippen LogP contribution in [0, 0.1) is 0 Å². The minimum Gasteiger partial charge on any atom is -0.493 e. The molecule has 3 aromatic rings. The topological polar surface area (TPSA) is 30.9 Å². The lowest BCUT2D eigenvalue weighted by atomic mass is 9.89. The van der Waals surface area contributed by atoms with Crippen LogP contribution in [0.1, 0.15) is 41.5 Å². The highest BCUT2D eigenvalue weighted by Crippen LogP contribution is 2.35. The monoisotopic (exact) mass is 471 g/mol. The van der Waals surface area contributed by atoms with Crippen LogP contribution in [0.4, 0.5) is 0 Å². The number of likely N-dealkylation sites (N-methyl/N-ethyl adjacent to an activating group) is 1. The van der Waals surface area contributed by atoms with Gasteiger partial charge in [0.1, 0.15) is 12.4 Å². The van der Waals surface area contributed by atoms with E-state index in [9.17, 15) is 0 Å². The molecule has 0 heterocycles. The fourth-order valence-electron chi connectivity index (χ4n) is 4.61. The number of ether oxygens (including phenoxy) is 3. The maximum atomic E-state index is 5.99. The third-order valence-electron chi connectivity index (χ3n) is 6.69. The summed E-state index contributed by atoms with van der Waals surface area (Å²) in [6, 6.07) is 23.0. The molecule has 0 unspecified atom stereocenters. The molecule has 0 spiro atoms. The summed E-state index contributed by atoms with van der Waals surface area (Å²) in [5.41, 5.74) is 6.65. The molecule has 0 fully saturated rings. The van der Waals surface area contributed by atoms with Crippen molar-refractivity contribution in [3.63, 3.8) is 0 Å². The molecule has 1 aliphatic rings. The largest absolute Gasteiger partial charge is 0.493 e. The van der Waals surface area contributed by atoms with Crippen LogP contribution in [0.2, 0.25) is 0 Å². The number of benzene rings is 3. The van der Waals surface area contributed by atoms with E-state index in [2.05, 4.69) is 60.5 Å². The second-order valence-electron chi connectivity index (χ2n) is 9.29. The molecule has 0 atom stereocenters. The molecule has 0 saturated carbocycles. The van der Waals surface area contributed by atoms with Gasteiger partial charge in [0.2, 0.25) is 0 Å². The lowest BCUT2D eigenvalue weighted by Gasteiger charge is -2.20. The van der Waals surface area contributed by atoms with E-state index in [1.54, 1.807) is 14.2 Å². The van der Waals surface area contributed by atoms with Crippen LogP contribution < -0.4 is 14.2 Å². The number of fused-ring (bicyclic) bond motifs is 1. The van der Waals surface area contributed by atoms with E-state index in [1.165, 1.54) is 34.2 Å². The van der Waals surface area contributed by atoms with E-state index >= 15 is 0 Å². The average molecular weight is 472 g/mol. The van der Waals surface area contributed by atoms with Gasteiger partial charge >= 0.3 is 0 Å².